The van der Waals surface area contributed by atoms with Crippen LogP contribution in [0.2, 0.25) is 0 Å². The number of nitrogens with zero attached hydrogens (tertiary/aromatic N) is 1. The van der Waals surface area contributed by atoms with Crippen LogP contribution in [0.15, 0.2) is 24.3 Å². The second-order valence-electron chi connectivity index (χ2n) is 7.70. The smallest absolute Gasteiger partial charge is 0.404 e. The molecule has 0 aromatic heterocycles. The number of carbonyl (C=O) groups excluding carboxylic acids is 1. The Kier molecular flexibility index (Phi) is 9.32. The van der Waals surface area contributed by atoms with E-state index in [1.165, 1.54) is 25.0 Å². The third kappa shape index (κ3) is 8.85. The van der Waals surface area contributed by atoms with Gasteiger partial charge in [-0.15, -0.1) is 0 Å². The number of amides is 1. The fraction of sp³-hybridized carbons (Fsp3) is 0.650. The van der Waals surface area contributed by atoms with E-state index in [0.717, 1.165) is 38.8 Å². The number of nitrogens with two attached hydrogens (primary N) is 1. The minimum absolute atomic E-state index is 0.0329. The SMILES string of the molecule is CS(=O)(=O)O.NC(=O)O[C@H]1CCN(CCCOc2ccc(F)cc2)C2CCCC[C@H]21. The summed E-state index contributed by atoms with van der Waals surface area (Å²) in [6.07, 6.45) is 6.48. The van der Waals surface area contributed by atoms with Crippen LogP contribution in [-0.2, 0) is 14.9 Å². The number of hydrogen-bond acceptors (Lipinski definition) is 6. The molecule has 1 saturated heterocycles. The summed E-state index contributed by atoms with van der Waals surface area (Å²) in [7, 11) is -3.67. The number of piperidine rings is 1. The number of likely N-dealkylation sites (tertiary alicyclic amines) is 1. The Balaban J connectivity index is 0.000000575. The molecule has 30 heavy (non-hydrogen) atoms. The zero-order valence-corrected chi connectivity index (χ0v) is 18.0. The van der Waals surface area contributed by atoms with Gasteiger partial charge in [0.15, 0.2) is 0 Å². The van der Waals surface area contributed by atoms with Gasteiger partial charge in [0.25, 0.3) is 10.1 Å². The molecule has 2 aliphatic rings. The molecule has 2 fully saturated rings. The standard InChI is InChI=1S/C19H27FN2O3.CH4O3S/c20-14-6-8-15(9-7-14)24-13-3-11-22-12-10-18(25-19(21)23)16-4-1-2-5-17(16)22;1-5(2,3)4/h6-9,16-18H,1-5,10-13H2,(H2,21,23);1H3,(H,2,3,4)/t16-,17?,18+;/m1./s1. The molecule has 0 spiro atoms. The van der Waals surface area contributed by atoms with Gasteiger partial charge in [0.2, 0.25) is 0 Å². The lowest BCUT2D eigenvalue weighted by Crippen LogP contribution is -2.54. The van der Waals surface area contributed by atoms with E-state index >= 15 is 0 Å². The van der Waals surface area contributed by atoms with Crippen molar-refractivity contribution in [2.24, 2.45) is 11.7 Å². The highest BCUT2D eigenvalue weighted by Gasteiger charge is 2.40. The number of rotatable bonds is 6. The average Bonchev–Trinajstić information content (AvgIpc) is 2.66. The maximum Gasteiger partial charge on any atom is 0.404 e. The zero-order chi connectivity index (χ0) is 22.1. The summed E-state index contributed by atoms with van der Waals surface area (Å²) in [4.78, 5) is 13.6. The Morgan fingerprint density at radius 2 is 1.87 bits per heavy atom. The molecular formula is C20H31FN2O6S. The molecule has 0 bridgehead atoms. The van der Waals surface area contributed by atoms with Crippen LogP contribution < -0.4 is 10.5 Å². The number of hydrogen-bond donors (Lipinski definition) is 2. The van der Waals surface area contributed by atoms with E-state index in [0.29, 0.717) is 30.6 Å². The van der Waals surface area contributed by atoms with E-state index in [4.69, 9.17) is 19.8 Å². The van der Waals surface area contributed by atoms with Crippen molar-refractivity contribution in [3.8, 4) is 5.75 Å². The first-order chi connectivity index (χ1) is 14.1. The molecule has 1 aliphatic heterocycles. The predicted molar refractivity (Wildman–Crippen MR) is 110 cm³/mol. The van der Waals surface area contributed by atoms with Crippen LogP contribution in [0.3, 0.4) is 0 Å². The first kappa shape index (κ1) is 24.4. The molecule has 10 heteroatoms. The van der Waals surface area contributed by atoms with Crippen molar-refractivity contribution in [1.29, 1.82) is 0 Å². The predicted octanol–water partition coefficient (Wildman–Crippen LogP) is 2.83. The van der Waals surface area contributed by atoms with Crippen molar-refractivity contribution in [2.75, 3.05) is 26.0 Å². The van der Waals surface area contributed by atoms with E-state index in [2.05, 4.69) is 4.90 Å². The van der Waals surface area contributed by atoms with E-state index in [1.54, 1.807) is 12.1 Å². The summed E-state index contributed by atoms with van der Waals surface area (Å²) in [5.41, 5.74) is 5.23. The second kappa shape index (κ2) is 11.5. The molecule has 3 atom stereocenters. The van der Waals surface area contributed by atoms with Crippen molar-refractivity contribution in [2.45, 2.75) is 50.7 Å². The summed E-state index contributed by atoms with van der Waals surface area (Å²) in [5.74, 6) is 0.843. The fourth-order valence-electron chi connectivity index (χ4n) is 4.26. The first-order valence-corrected chi connectivity index (χ1v) is 12.0. The normalized spacial score (nSPS) is 24.2. The van der Waals surface area contributed by atoms with Crippen LogP contribution >= 0.6 is 0 Å². The molecule has 1 heterocycles. The van der Waals surface area contributed by atoms with Gasteiger partial charge in [-0.05, 0) is 49.9 Å². The summed E-state index contributed by atoms with van der Waals surface area (Å²) in [6.45, 7) is 2.50. The van der Waals surface area contributed by atoms with Crippen molar-refractivity contribution in [1.82, 2.24) is 4.90 Å². The van der Waals surface area contributed by atoms with Crippen LogP contribution in [0.25, 0.3) is 0 Å². The number of fused-ring (bicyclic) bond motifs is 1. The zero-order valence-electron chi connectivity index (χ0n) is 17.2. The minimum atomic E-state index is -3.67. The van der Waals surface area contributed by atoms with E-state index in [-0.39, 0.29) is 11.9 Å². The molecule has 170 valence electrons. The molecule has 3 N–H and O–H groups in total. The Labute approximate surface area is 177 Å². The van der Waals surface area contributed by atoms with E-state index < -0.39 is 16.2 Å². The van der Waals surface area contributed by atoms with Crippen LogP contribution in [0.1, 0.15) is 38.5 Å². The number of primary amides is 1. The summed E-state index contributed by atoms with van der Waals surface area (Å²) in [5, 5.41) is 0. The van der Waals surface area contributed by atoms with Gasteiger partial charge in [0.1, 0.15) is 17.7 Å². The summed E-state index contributed by atoms with van der Waals surface area (Å²) < 4.78 is 49.8. The Hall–Kier alpha value is -1.91. The van der Waals surface area contributed by atoms with Gasteiger partial charge in [0, 0.05) is 25.0 Å². The number of carbonyl (C=O) groups is 1. The highest BCUT2D eigenvalue weighted by molar-refractivity contribution is 7.85. The second-order valence-corrected chi connectivity index (χ2v) is 9.17. The molecule has 8 nitrogen and oxygen atoms in total. The van der Waals surface area contributed by atoms with Gasteiger partial charge in [-0.3, -0.25) is 9.45 Å². The lowest BCUT2D eigenvalue weighted by Gasteiger charge is -2.47. The maximum absolute atomic E-state index is 12.9. The van der Waals surface area contributed by atoms with Crippen molar-refractivity contribution >= 4 is 16.2 Å². The highest BCUT2D eigenvalue weighted by Crippen LogP contribution is 2.37. The van der Waals surface area contributed by atoms with Crippen molar-refractivity contribution < 1.29 is 31.6 Å². The third-order valence-electron chi connectivity index (χ3n) is 5.37. The monoisotopic (exact) mass is 446 g/mol. The number of benzene rings is 1. The van der Waals surface area contributed by atoms with E-state index in [9.17, 15) is 17.6 Å². The average molecular weight is 447 g/mol. The van der Waals surface area contributed by atoms with Crippen LogP contribution in [0.4, 0.5) is 9.18 Å². The first-order valence-electron chi connectivity index (χ1n) is 10.1. The molecule has 1 aliphatic carbocycles. The Bertz CT molecular complexity index is 766. The molecule has 1 saturated carbocycles. The van der Waals surface area contributed by atoms with Crippen LogP contribution in [0.5, 0.6) is 5.75 Å². The molecule has 1 aromatic rings. The van der Waals surface area contributed by atoms with Gasteiger partial charge in [-0.2, -0.15) is 8.42 Å². The van der Waals surface area contributed by atoms with Crippen molar-refractivity contribution in [3.05, 3.63) is 30.1 Å². The molecular weight excluding hydrogens is 415 g/mol. The summed E-state index contributed by atoms with van der Waals surface area (Å²) >= 11 is 0. The van der Waals surface area contributed by atoms with Gasteiger partial charge in [-0.25, -0.2) is 9.18 Å². The van der Waals surface area contributed by atoms with Crippen LogP contribution in [0, 0.1) is 11.7 Å². The maximum atomic E-state index is 12.9. The van der Waals surface area contributed by atoms with Gasteiger partial charge >= 0.3 is 6.09 Å². The lowest BCUT2D eigenvalue weighted by molar-refractivity contribution is -0.0423. The quantitative estimate of drug-likeness (QED) is 0.509. The lowest BCUT2D eigenvalue weighted by atomic mass is 9.76. The largest absolute Gasteiger partial charge is 0.494 e. The Morgan fingerprint density at radius 1 is 1.23 bits per heavy atom. The third-order valence-corrected chi connectivity index (χ3v) is 5.37. The summed E-state index contributed by atoms with van der Waals surface area (Å²) in [6, 6.07) is 6.59. The number of halogens is 1. The highest BCUT2D eigenvalue weighted by atomic mass is 32.2. The van der Waals surface area contributed by atoms with Gasteiger partial charge < -0.3 is 15.2 Å². The number of ether oxygens (including phenoxy) is 2. The van der Waals surface area contributed by atoms with E-state index in [1.807, 2.05) is 0 Å². The molecule has 3 rings (SSSR count). The van der Waals surface area contributed by atoms with Gasteiger partial charge in [0.05, 0.1) is 12.9 Å². The molecule has 1 aromatic carbocycles. The Morgan fingerprint density at radius 3 is 2.50 bits per heavy atom. The van der Waals surface area contributed by atoms with Gasteiger partial charge in [-0.1, -0.05) is 12.8 Å². The molecule has 1 unspecified atom stereocenters. The topological polar surface area (TPSA) is 119 Å². The minimum Gasteiger partial charge on any atom is -0.494 e. The van der Waals surface area contributed by atoms with Crippen molar-refractivity contribution in [3.63, 3.8) is 0 Å². The molecule has 0 radical (unpaired) electrons. The van der Waals surface area contributed by atoms with Crippen LogP contribution in [-0.4, -0.2) is 62.1 Å². The molecule has 1 amide bonds. The fourth-order valence-corrected chi connectivity index (χ4v) is 4.26.